The van der Waals surface area contributed by atoms with Gasteiger partial charge in [0, 0.05) is 5.69 Å². The van der Waals surface area contributed by atoms with E-state index in [1.807, 2.05) is 32.9 Å². The van der Waals surface area contributed by atoms with Crippen molar-refractivity contribution >= 4 is 17.6 Å². The lowest BCUT2D eigenvalue weighted by Gasteiger charge is -2.18. The molecule has 1 aromatic carbocycles. The average molecular weight is 263 g/mol. The lowest BCUT2D eigenvalue weighted by molar-refractivity contribution is -0.147. The first-order valence-electron chi connectivity index (χ1n) is 6.35. The van der Waals surface area contributed by atoms with Crippen molar-refractivity contribution in [2.24, 2.45) is 11.8 Å². The third kappa shape index (κ3) is 3.56. The molecule has 19 heavy (non-hydrogen) atoms. The van der Waals surface area contributed by atoms with Crippen LogP contribution in [-0.4, -0.2) is 17.0 Å². The van der Waals surface area contributed by atoms with Gasteiger partial charge in [-0.05, 0) is 37.8 Å². The highest BCUT2D eigenvalue weighted by Gasteiger charge is 2.30. The van der Waals surface area contributed by atoms with E-state index in [1.54, 1.807) is 13.8 Å². The van der Waals surface area contributed by atoms with Crippen molar-refractivity contribution < 1.29 is 14.7 Å². The first kappa shape index (κ1) is 15.2. The summed E-state index contributed by atoms with van der Waals surface area (Å²) in [6.07, 6.45) is 0. The summed E-state index contributed by atoms with van der Waals surface area (Å²) in [6.45, 7) is 9.25. The molecule has 0 spiro atoms. The molecule has 0 aromatic heterocycles. The van der Waals surface area contributed by atoms with Crippen LogP contribution in [0.15, 0.2) is 12.1 Å². The van der Waals surface area contributed by atoms with Crippen LogP contribution in [0.1, 0.15) is 30.5 Å². The fourth-order valence-electron chi connectivity index (χ4n) is 2.28. The summed E-state index contributed by atoms with van der Waals surface area (Å²) in [5.41, 5.74) is 3.71. The van der Waals surface area contributed by atoms with Crippen LogP contribution in [0.25, 0.3) is 0 Å². The summed E-state index contributed by atoms with van der Waals surface area (Å²) in [5, 5.41) is 11.9. The minimum atomic E-state index is -1.09. The molecular weight excluding hydrogens is 242 g/mol. The predicted molar refractivity (Wildman–Crippen MR) is 75.2 cm³/mol. The molecule has 0 bridgehead atoms. The van der Waals surface area contributed by atoms with Gasteiger partial charge in [-0.2, -0.15) is 0 Å². The van der Waals surface area contributed by atoms with E-state index in [0.717, 1.165) is 16.7 Å². The molecule has 0 saturated carbocycles. The van der Waals surface area contributed by atoms with Crippen molar-refractivity contribution in [1.29, 1.82) is 0 Å². The lowest BCUT2D eigenvalue weighted by Crippen LogP contribution is -2.33. The standard InChI is InChI=1S/C15H21NO3/c1-8(2)12(15(18)19)14(17)16-13-10(4)6-9(3)7-11(13)5/h6-8,12H,1-5H3,(H,16,17)(H,18,19). The van der Waals surface area contributed by atoms with E-state index in [9.17, 15) is 9.59 Å². The third-order valence-corrected chi connectivity index (χ3v) is 3.14. The molecule has 0 aliphatic rings. The van der Waals surface area contributed by atoms with Gasteiger partial charge in [0.1, 0.15) is 5.92 Å². The van der Waals surface area contributed by atoms with Gasteiger partial charge in [-0.3, -0.25) is 9.59 Å². The molecule has 4 nitrogen and oxygen atoms in total. The Morgan fingerprint density at radius 3 is 1.95 bits per heavy atom. The number of carbonyl (C=O) groups excluding carboxylic acids is 1. The second-order valence-electron chi connectivity index (χ2n) is 5.32. The maximum atomic E-state index is 12.1. The number of hydrogen-bond donors (Lipinski definition) is 2. The van der Waals surface area contributed by atoms with Crippen molar-refractivity contribution in [3.05, 3.63) is 28.8 Å². The van der Waals surface area contributed by atoms with Crippen LogP contribution in [-0.2, 0) is 9.59 Å². The molecule has 0 saturated heterocycles. The molecule has 2 N–H and O–H groups in total. The maximum absolute atomic E-state index is 12.1. The Hall–Kier alpha value is -1.84. The number of nitrogens with one attached hydrogen (secondary N) is 1. The number of anilines is 1. The minimum Gasteiger partial charge on any atom is -0.481 e. The summed E-state index contributed by atoms with van der Waals surface area (Å²) >= 11 is 0. The highest BCUT2D eigenvalue weighted by atomic mass is 16.4. The number of benzene rings is 1. The van der Waals surface area contributed by atoms with Crippen molar-refractivity contribution in [1.82, 2.24) is 0 Å². The molecule has 1 aromatic rings. The van der Waals surface area contributed by atoms with E-state index in [4.69, 9.17) is 5.11 Å². The van der Waals surface area contributed by atoms with Crippen molar-refractivity contribution in [3.8, 4) is 0 Å². The maximum Gasteiger partial charge on any atom is 0.316 e. The monoisotopic (exact) mass is 263 g/mol. The Kier molecular flexibility index (Phi) is 4.70. The van der Waals surface area contributed by atoms with Gasteiger partial charge in [-0.1, -0.05) is 31.5 Å². The molecule has 0 fully saturated rings. The second kappa shape index (κ2) is 5.87. The summed E-state index contributed by atoms with van der Waals surface area (Å²) in [7, 11) is 0. The van der Waals surface area contributed by atoms with Gasteiger partial charge in [-0.15, -0.1) is 0 Å². The van der Waals surface area contributed by atoms with E-state index in [2.05, 4.69) is 5.32 Å². The van der Waals surface area contributed by atoms with Gasteiger partial charge in [0.2, 0.25) is 5.91 Å². The zero-order valence-corrected chi connectivity index (χ0v) is 12.1. The van der Waals surface area contributed by atoms with Crippen LogP contribution in [0, 0.1) is 32.6 Å². The third-order valence-electron chi connectivity index (χ3n) is 3.14. The lowest BCUT2D eigenvalue weighted by atomic mass is 9.94. The van der Waals surface area contributed by atoms with Gasteiger partial charge in [-0.25, -0.2) is 0 Å². The number of aryl methyl sites for hydroxylation is 3. The molecule has 0 radical (unpaired) electrons. The zero-order chi connectivity index (χ0) is 14.7. The first-order valence-corrected chi connectivity index (χ1v) is 6.35. The van der Waals surface area contributed by atoms with Gasteiger partial charge in [0.15, 0.2) is 0 Å². The molecule has 104 valence electrons. The molecule has 0 aliphatic heterocycles. The number of carboxylic acid groups (broad SMARTS) is 1. The van der Waals surface area contributed by atoms with Gasteiger partial charge < -0.3 is 10.4 Å². The topological polar surface area (TPSA) is 66.4 Å². The number of carbonyl (C=O) groups is 2. The van der Waals surface area contributed by atoms with E-state index >= 15 is 0 Å². The number of amides is 1. The first-order chi connectivity index (χ1) is 8.73. The van der Waals surface area contributed by atoms with E-state index in [1.165, 1.54) is 0 Å². The molecule has 1 rings (SSSR count). The van der Waals surface area contributed by atoms with Gasteiger partial charge >= 0.3 is 5.97 Å². The molecule has 0 heterocycles. The Labute approximate surface area is 113 Å². The van der Waals surface area contributed by atoms with E-state index < -0.39 is 17.8 Å². The largest absolute Gasteiger partial charge is 0.481 e. The summed E-state index contributed by atoms with van der Waals surface area (Å²) < 4.78 is 0. The number of carboxylic acids is 1. The highest BCUT2D eigenvalue weighted by molar-refractivity contribution is 6.05. The molecule has 1 amide bonds. The Balaban J connectivity index is 3.03. The molecule has 1 atom stereocenters. The second-order valence-corrected chi connectivity index (χ2v) is 5.32. The number of rotatable bonds is 4. The van der Waals surface area contributed by atoms with Crippen LogP contribution < -0.4 is 5.32 Å². The Bertz CT molecular complexity index is 483. The summed E-state index contributed by atoms with van der Waals surface area (Å²) in [4.78, 5) is 23.2. The van der Waals surface area contributed by atoms with Crippen LogP contribution in [0.2, 0.25) is 0 Å². The number of hydrogen-bond acceptors (Lipinski definition) is 2. The summed E-state index contributed by atoms with van der Waals surface area (Å²) in [5.74, 6) is -2.82. The van der Waals surface area contributed by atoms with Crippen LogP contribution in [0.5, 0.6) is 0 Å². The van der Waals surface area contributed by atoms with Crippen molar-refractivity contribution in [2.75, 3.05) is 5.32 Å². The highest BCUT2D eigenvalue weighted by Crippen LogP contribution is 2.23. The molecule has 1 unspecified atom stereocenters. The van der Waals surface area contributed by atoms with Crippen LogP contribution in [0.4, 0.5) is 5.69 Å². The van der Waals surface area contributed by atoms with E-state index in [-0.39, 0.29) is 5.92 Å². The summed E-state index contributed by atoms with van der Waals surface area (Å²) in [6, 6.07) is 3.93. The Morgan fingerprint density at radius 2 is 1.58 bits per heavy atom. The van der Waals surface area contributed by atoms with Gasteiger partial charge in [0.05, 0.1) is 0 Å². The average Bonchev–Trinajstić information content (AvgIpc) is 2.22. The number of aliphatic carboxylic acids is 1. The quantitative estimate of drug-likeness (QED) is 0.821. The van der Waals surface area contributed by atoms with E-state index in [0.29, 0.717) is 5.69 Å². The van der Waals surface area contributed by atoms with Crippen molar-refractivity contribution in [3.63, 3.8) is 0 Å². The zero-order valence-electron chi connectivity index (χ0n) is 12.1. The normalized spacial score (nSPS) is 12.3. The molecular formula is C15H21NO3. The van der Waals surface area contributed by atoms with Crippen LogP contribution >= 0.6 is 0 Å². The fraction of sp³-hybridized carbons (Fsp3) is 0.467. The van der Waals surface area contributed by atoms with Crippen molar-refractivity contribution in [2.45, 2.75) is 34.6 Å². The Morgan fingerprint density at radius 1 is 1.11 bits per heavy atom. The van der Waals surface area contributed by atoms with Crippen LogP contribution in [0.3, 0.4) is 0 Å². The molecule has 4 heteroatoms. The van der Waals surface area contributed by atoms with Gasteiger partial charge in [0.25, 0.3) is 0 Å². The predicted octanol–water partition coefficient (Wildman–Crippen LogP) is 2.91. The molecule has 0 aliphatic carbocycles. The SMILES string of the molecule is Cc1cc(C)c(NC(=O)C(C(=O)O)C(C)C)c(C)c1. The fourth-order valence-corrected chi connectivity index (χ4v) is 2.28. The minimum absolute atomic E-state index is 0.247. The smallest absolute Gasteiger partial charge is 0.316 e.